The molecule has 1 aromatic carbocycles. The Labute approximate surface area is 65.3 Å². The van der Waals surface area contributed by atoms with Crippen LogP contribution in [0.15, 0.2) is 47.1 Å². The van der Waals surface area contributed by atoms with Crippen molar-refractivity contribution in [3.63, 3.8) is 0 Å². The van der Waals surface area contributed by atoms with Crippen molar-refractivity contribution >= 4 is 0 Å². The van der Waals surface area contributed by atoms with Gasteiger partial charge in [-0.15, -0.1) is 0 Å². The average Bonchev–Trinajstić information content (AvgIpc) is 2.58. The molecule has 0 fully saturated rings. The Kier molecular flexibility index (Phi) is 1.48. The molecule has 53 valence electrons. The first kappa shape index (κ1) is 6.23. The lowest BCUT2D eigenvalue weighted by Crippen LogP contribution is -1.69. The van der Waals surface area contributed by atoms with E-state index in [1.807, 2.05) is 36.4 Å². The van der Waals surface area contributed by atoms with Crippen molar-refractivity contribution in [1.29, 1.82) is 0 Å². The molecule has 1 aromatic heterocycles. The largest absolute Gasteiger partial charge is 0.464 e. The maximum Gasteiger partial charge on any atom is 0.134 e. The molecule has 11 heavy (non-hydrogen) atoms. The molecule has 0 bridgehead atoms. The van der Waals surface area contributed by atoms with Crippen LogP contribution < -0.4 is 0 Å². The summed E-state index contributed by atoms with van der Waals surface area (Å²) in [7, 11) is 0. The van der Waals surface area contributed by atoms with E-state index in [1.54, 1.807) is 6.26 Å². The molecule has 2 rings (SSSR count). The second-order valence-electron chi connectivity index (χ2n) is 2.25. The van der Waals surface area contributed by atoms with E-state index in [-0.39, 0.29) is 0 Å². The van der Waals surface area contributed by atoms with E-state index in [9.17, 15) is 0 Å². The number of hydrogen-bond acceptors (Lipinski definition) is 1. The van der Waals surface area contributed by atoms with Gasteiger partial charge in [-0.25, -0.2) is 0 Å². The van der Waals surface area contributed by atoms with Gasteiger partial charge < -0.3 is 4.42 Å². The van der Waals surface area contributed by atoms with E-state index in [4.69, 9.17) is 4.42 Å². The highest BCUT2D eigenvalue weighted by molar-refractivity contribution is 5.55. The second kappa shape index (κ2) is 2.62. The summed E-state index contributed by atoms with van der Waals surface area (Å²) in [6.07, 6.45) is 1.66. The average molecular weight is 143 g/mol. The van der Waals surface area contributed by atoms with Crippen LogP contribution in [0.1, 0.15) is 0 Å². The Morgan fingerprint density at radius 1 is 1.09 bits per heavy atom. The third-order valence-electron chi connectivity index (χ3n) is 1.50. The van der Waals surface area contributed by atoms with Gasteiger partial charge in [-0.05, 0) is 18.2 Å². The lowest BCUT2D eigenvalue weighted by atomic mass is 10.2. The van der Waals surface area contributed by atoms with E-state index >= 15 is 0 Å². The van der Waals surface area contributed by atoms with E-state index in [0.29, 0.717) is 0 Å². The van der Waals surface area contributed by atoms with Gasteiger partial charge in [0.05, 0.1) is 6.26 Å². The maximum atomic E-state index is 5.19. The zero-order valence-electron chi connectivity index (χ0n) is 5.95. The summed E-state index contributed by atoms with van der Waals surface area (Å²) in [6, 6.07) is 14.6. The van der Waals surface area contributed by atoms with Gasteiger partial charge >= 0.3 is 0 Å². The first-order chi connectivity index (χ1) is 5.47. The van der Waals surface area contributed by atoms with Crippen molar-refractivity contribution in [2.24, 2.45) is 0 Å². The van der Waals surface area contributed by atoms with Gasteiger partial charge in [0.25, 0.3) is 0 Å². The molecule has 2 aromatic rings. The number of hydrogen-bond donors (Lipinski definition) is 0. The van der Waals surface area contributed by atoms with Crippen LogP contribution in [0.4, 0.5) is 0 Å². The minimum Gasteiger partial charge on any atom is -0.464 e. The molecule has 0 unspecified atom stereocenters. The molecule has 0 aliphatic rings. The lowest BCUT2D eigenvalue weighted by molar-refractivity contribution is 0.582. The van der Waals surface area contributed by atoms with Crippen LogP contribution in [-0.4, -0.2) is 0 Å². The number of furan rings is 1. The molecule has 1 heteroatoms. The Balaban J connectivity index is 2.46. The molecule has 0 aliphatic heterocycles. The standard InChI is InChI=1S/C10H7O/c1-2-5-9(6-3-1)10-7-4-8-11-10/h1-5,7-8H. The first-order valence-corrected chi connectivity index (χ1v) is 3.47. The lowest BCUT2D eigenvalue weighted by Gasteiger charge is -1.91. The van der Waals surface area contributed by atoms with Crippen LogP contribution in [0, 0.1) is 6.07 Å². The van der Waals surface area contributed by atoms with Gasteiger partial charge in [0.1, 0.15) is 5.76 Å². The molecule has 0 saturated carbocycles. The monoisotopic (exact) mass is 143 g/mol. The Morgan fingerprint density at radius 2 is 2.09 bits per heavy atom. The van der Waals surface area contributed by atoms with Crippen LogP contribution in [-0.2, 0) is 0 Å². The maximum absolute atomic E-state index is 5.19. The molecule has 0 atom stereocenters. The fraction of sp³-hybridized carbons (Fsp3) is 0. The number of rotatable bonds is 1. The highest BCUT2D eigenvalue weighted by Gasteiger charge is 1.96. The summed E-state index contributed by atoms with van der Waals surface area (Å²) in [4.78, 5) is 0. The smallest absolute Gasteiger partial charge is 0.134 e. The molecule has 1 heterocycles. The van der Waals surface area contributed by atoms with Crippen molar-refractivity contribution in [3.05, 3.63) is 48.7 Å². The van der Waals surface area contributed by atoms with Crippen molar-refractivity contribution in [2.75, 3.05) is 0 Å². The fourth-order valence-electron chi connectivity index (χ4n) is 0.978. The molecule has 1 nitrogen and oxygen atoms in total. The van der Waals surface area contributed by atoms with Crippen molar-refractivity contribution in [1.82, 2.24) is 0 Å². The van der Waals surface area contributed by atoms with E-state index in [2.05, 4.69) is 6.07 Å². The molecule has 0 saturated heterocycles. The van der Waals surface area contributed by atoms with Crippen LogP contribution in [0.3, 0.4) is 0 Å². The molecule has 0 amide bonds. The minimum atomic E-state index is 0.866. The van der Waals surface area contributed by atoms with E-state index in [1.165, 1.54) is 0 Å². The predicted molar refractivity (Wildman–Crippen MR) is 43.0 cm³/mol. The zero-order valence-corrected chi connectivity index (χ0v) is 5.95. The summed E-state index contributed by atoms with van der Waals surface area (Å²) in [6.45, 7) is 0. The molecular weight excluding hydrogens is 136 g/mol. The van der Waals surface area contributed by atoms with Gasteiger partial charge in [-0.3, -0.25) is 0 Å². The van der Waals surface area contributed by atoms with Crippen molar-refractivity contribution in [2.45, 2.75) is 0 Å². The zero-order chi connectivity index (χ0) is 7.52. The normalized spacial score (nSPS) is 9.82. The van der Waals surface area contributed by atoms with E-state index < -0.39 is 0 Å². The Morgan fingerprint density at radius 3 is 2.73 bits per heavy atom. The minimum absolute atomic E-state index is 0.866. The predicted octanol–water partition coefficient (Wildman–Crippen LogP) is 2.75. The Hall–Kier alpha value is -1.50. The molecular formula is C10H7O. The molecule has 0 spiro atoms. The third kappa shape index (κ3) is 1.17. The SMILES string of the molecule is [c]1ccccc1-c1ccco1. The number of benzene rings is 1. The summed E-state index contributed by atoms with van der Waals surface area (Å²) in [5.74, 6) is 0.866. The van der Waals surface area contributed by atoms with Gasteiger partial charge in [-0.2, -0.15) is 0 Å². The van der Waals surface area contributed by atoms with Crippen LogP contribution in [0.2, 0.25) is 0 Å². The second-order valence-corrected chi connectivity index (χ2v) is 2.25. The van der Waals surface area contributed by atoms with Crippen molar-refractivity contribution < 1.29 is 4.42 Å². The van der Waals surface area contributed by atoms with Crippen LogP contribution in [0.5, 0.6) is 0 Å². The first-order valence-electron chi connectivity index (χ1n) is 3.47. The summed E-state index contributed by atoms with van der Waals surface area (Å²) >= 11 is 0. The highest BCUT2D eigenvalue weighted by Crippen LogP contribution is 2.17. The van der Waals surface area contributed by atoms with Gasteiger partial charge in [0.15, 0.2) is 0 Å². The summed E-state index contributed by atoms with van der Waals surface area (Å²) < 4.78 is 5.19. The third-order valence-corrected chi connectivity index (χ3v) is 1.50. The molecule has 0 N–H and O–H groups in total. The van der Waals surface area contributed by atoms with Gasteiger partial charge in [0.2, 0.25) is 0 Å². The van der Waals surface area contributed by atoms with Gasteiger partial charge in [-0.1, -0.05) is 24.3 Å². The van der Waals surface area contributed by atoms with Crippen LogP contribution >= 0.6 is 0 Å². The van der Waals surface area contributed by atoms with Crippen LogP contribution in [0.25, 0.3) is 11.3 Å². The molecule has 1 radical (unpaired) electrons. The van der Waals surface area contributed by atoms with Crippen molar-refractivity contribution in [3.8, 4) is 11.3 Å². The summed E-state index contributed by atoms with van der Waals surface area (Å²) in [5.41, 5.74) is 0.998. The highest BCUT2D eigenvalue weighted by atomic mass is 16.3. The van der Waals surface area contributed by atoms with Gasteiger partial charge in [0, 0.05) is 5.56 Å². The topological polar surface area (TPSA) is 13.1 Å². The summed E-state index contributed by atoms with van der Waals surface area (Å²) in [5, 5.41) is 0. The quantitative estimate of drug-likeness (QED) is 0.598. The Bertz CT molecular complexity index is 308. The molecule has 0 aliphatic carbocycles. The van der Waals surface area contributed by atoms with E-state index in [0.717, 1.165) is 11.3 Å². The fourth-order valence-corrected chi connectivity index (χ4v) is 0.978.